The number of aromatic nitrogens is 4. The second-order valence-electron chi connectivity index (χ2n) is 6.44. The molecule has 0 N–H and O–H groups in total. The fraction of sp³-hybridized carbons (Fsp3) is 0.278. The number of aryl methyl sites for hydroxylation is 4. The van der Waals surface area contributed by atoms with E-state index < -0.39 is 5.69 Å². The summed E-state index contributed by atoms with van der Waals surface area (Å²) in [5.41, 5.74) is 2.98. The van der Waals surface area contributed by atoms with Crippen LogP contribution in [0.15, 0.2) is 38.4 Å². The van der Waals surface area contributed by atoms with Crippen LogP contribution in [0.1, 0.15) is 22.5 Å². The van der Waals surface area contributed by atoms with E-state index in [4.69, 9.17) is 4.42 Å². The van der Waals surface area contributed by atoms with Gasteiger partial charge in [0.2, 0.25) is 0 Å². The van der Waals surface area contributed by atoms with Gasteiger partial charge < -0.3 is 4.42 Å². The summed E-state index contributed by atoms with van der Waals surface area (Å²) < 4.78 is 9.73. The molecule has 0 saturated carbocycles. The molecule has 0 aliphatic carbocycles. The molecule has 7 nitrogen and oxygen atoms in total. The lowest BCUT2D eigenvalue weighted by molar-refractivity contribution is 0.563. The second-order valence-corrected chi connectivity index (χ2v) is 6.44. The highest BCUT2D eigenvalue weighted by atomic mass is 16.4. The lowest BCUT2D eigenvalue weighted by Crippen LogP contribution is -2.39. The van der Waals surface area contributed by atoms with Gasteiger partial charge in [0.1, 0.15) is 5.76 Å². The van der Waals surface area contributed by atoms with E-state index in [0.29, 0.717) is 22.8 Å². The Kier molecular flexibility index (Phi) is 3.21. The van der Waals surface area contributed by atoms with Crippen LogP contribution in [-0.4, -0.2) is 18.5 Å². The van der Waals surface area contributed by atoms with Crippen molar-refractivity contribution in [2.75, 3.05) is 0 Å². The van der Waals surface area contributed by atoms with Crippen LogP contribution in [0.3, 0.4) is 0 Å². The Labute approximate surface area is 142 Å². The van der Waals surface area contributed by atoms with Gasteiger partial charge in [-0.1, -0.05) is 23.8 Å². The maximum atomic E-state index is 13.0. The van der Waals surface area contributed by atoms with Crippen molar-refractivity contribution < 1.29 is 4.42 Å². The summed E-state index contributed by atoms with van der Waals surface area (Å²) in [7, 11) is 1.61. The van der Waals surface area contributed by atoms with Crippen LogP contribution in [-0.2, 0) is 13.6 Å². The van der Waals surface area contributed by atoms with E-state index in [1.54, 1.807) is 24.6 Å². The topological polar surface area (TPSA) is 74.4 Å². The third-order valence-corrected chi connectivity index (χ3v) is 4.54. The number of imidazole rings is 1. The zero-order valence-corrected chi connectivity index (χ0v) is 14.5. The number of nitrogens with zero attached hydrogens (tertiary/aromatic N) is 4. The first-order valence-electron chi connectivity index (χ1n) is 8.01. The Balaban J connectivity index is 2.03. The molecule has 0 fully saturated rings. The van der Waals surface area contributed by atoms with E-state index in [1.807, 2.05) is 32.0 Å². The monoisotopic (exact) mass is 338 g/mol. The van der Waals surface area contributed by atoms with Gasteiger partial charge in [0, 0.05) is 7.05 Å². The standard InChI is InChI=1S/C18H18N4O3/c1-10-5-6-11(2)13(7-10)9-22-16(23)14-15(20(4)18(22)24)19-17-21(14)8-12(3)25-17/h5-8H,9H2,1-4H3. The molecule has 1 aromatic carbocycles. The molecule has 4 aromatic rings. The van der Waals surface area contributed by atoms with Gasteiger partial charge in [-0.2, -0.15) is 4.98 Å². The summed E-state index contributed by atoms with van der Waals surface area (Å²) in [4.78, 5) is 30.0. The maximum absolute atomic E-state index is 13.0. The Hall–Kier alpha value is -3.09. The smallest absolute Gasteiger partial charge is 0.332 e. The summed E-state index contributed by atoms with van der Waals surface area (Å²) in [5.74, 6) is 0.961. The molecule has 7 heteroatoms. The number of hydrogen-bond acceptors (Lipinski definition) is 4. The van der Waals surface area contributed by atoms with Crippen molar-refractivity contribution in [1.29, 1.82) is 0 Å². The van der Waals surface area contributed by atoms with Gasteiger partial charge >= 0.3 is 11.5 Å². The average molecular weight is 338 g/mol. The average Bonchev–Trinajstić information content (AvgIpc) is 3.08. The van der Waals surface area contributed by atoms with Crippen LogP contribution in [0.25, 0.3) is 17.0 Å². The Morgan fingerprint density at radius 1 is 1.16 bits per heavy atom. The van der Waals surface area contributed by atoms with E-state index in [-0.39, 0.29) is 12.1 Å². The van der Waals surface area contributed by atoms with Gasteiger partial charge in [0.25, 0.3) is 5.56 Å². The fourth-order valence-electron chi connectivity index (χ4n) is 3.14. The molecule has 128 valence electrons. The molecule has 0 aliphatic rings. The van der Waals surface area contributed by atoms with Crippen LogP contribution in [0, 0.1) is 20.8 Å². The first-order chi connectivity index (χ1) is 11.9. The predicted octanol–water partition coefficient (Wildman–Crippen LogP) is 1.91. The molecule has 3 heterocycles. The van der Waals surface area contributed by atoms with Crippen molar-refractivity contribution in [3.8, 4) is 0 Å². The van der Waals surface area contributed by atoms with Crippen molar-refractivity contribution in [3.05, 3.63) is 67.7 Å². The van der Waals surface area contributed by atoms with E-state index in [2.05, 4.69) is 4.98 Å². The van der Waals surface area contributed by atoms with Crippen molar-refractivity contribution in [2.45, 2.75) is 27.3 Å². The van der Waals surface area contributed by atoms with Crippen molar-refractivity contribution >= 4 is 17.0 Å². The van der Waals surface area contributed by atoms with Gasteiger partial charge in [0.15, 0.2) is 11.2 Å². The molecule has 0 spiro atoms. The Bertz CT molecular complexity index is 1250. The van der Waals surface area contributed by atoms with Crippen LogP contribution in [0.5, 0.6) is 0 Å². The third-order valence-electron chi connectivity index (χ3n) is 4.54. The Morgan fingerprint density at radius 2 is 1.92 bits per heavy atom. The number of rotatable bonds is 2. The predicted molar refractivity (Wildman–Crippen MR) is 94.2 cm³/mol. The first kappa shape index (κ1) is 15.4. The quantitative estimate of drug-likeness (QED) is 0.560. The van der Waals surface area contributed by atoms with Gasteiger partial charge in [-0.15, -0.1) is 0 Å². The molecule has 3 aromatic heterocycles. The van der Waals surface area contributed by atoms with E-state index in [1.165, 1.54) is 9.13 Å². The molecule has 4 rings (SSSR count). The van der Waals surface area contributed by atoms with E-state index >= 15 is 0 Å². The van der Waals surface area contributed by atoms with Gasteiger partial charge in [0.05, 0.1) is 12.7 Å². The zero-order valence-electron chi connectivity index (χ0n) is 14.5. The van der Waals surface area contributed by atoms with Gasteiger partial charge in [-0.3, -0.25) is 18.3 Å². The minimum absolute atomic E-state index is 0.221. The number of oxazole rings is 1. The summed E-state index contributed by atoms with van der Waals surface area (Å²) in [6.45, 7) is 5.97. The number of hydrogen-bond donors (Lipinski definition) is 0. The molecule has 0 aliphatic heterocycles. The van der Waals surface area contributed by atoms with Crippen LogP contribution >= 0.6 is 0 Å². The lowest BCUT2D eigenvalue weighted by Gasteiger charge is -2.11. The SMILES string of the molecule is Cc1ccc(C)c(Cn2c(=O)c3c(nc4oc(C)cn43)n(C)c2=O)c1. The van der Waals surface area contributed by atoms with Crippen LogP contribution in [0.2, 0.25) is 0 Å². The van der Waals surface area contributed by atoms with Crippen LogP contribution in [0.4, 0.5) is 0 Å². The highest BCUT2D eigenvalue weighted by Crippen LogP contribution is 2.16. The first-order valence-corrected chi connectivity index (χ1v) is 8.01. The summed E-state index contributed by atoms with van der Waals surface area (Å²) in [5, 5.41) is 0. The lowest BCUT2D eigenvalue weighted by atomic mass is 10.1. The Morgan fingerprint density at radius 3 is 2.68 bits per heavy atom. The number of fused-ring (bicyclic) bond motifs is 3. The minimum atomic E-state index is -0.393. The molecular formula is C18H18N4O3. The largest absolute Gasteiger partial charge is 0.428 e. The fourth-order valence-corrected chi connectivity index (χ4v) is 3.14. The highest BCUT2D eigenvalue weighted by Gasteiger charge is 2.19. The second kappa shape index (κ2) is 5.20. The van der Waals surface area contributed by atoms with Crippen molar-refractivity contribution in [3.63, 3.8) is 0 Å². The van der Waals surface area contributed by atoms with E-state index in [9.17, 15) is 9.59 Å². The maximum Gasteiger partial charge on any atom is 0.332 e. The van der Waals surface area contributed by atoms with Gasteiger partial charge in [-0.05, 0) is 31.9 Å². The normalized spacial score (nSPS) is 11.7. The van der Waals surface area contributed by atoms with E-state index in [0.717, 1.165) is 16.7 Å². The molecule has 0 amide bonds. The molecule has 25 heavy (non-hydrogen) atoms. The molecule has 0 bridgehead atoms. The molecule has 0 saturated heterocycles. The van der Waals surface area contributed by atoms with Crippen LogP contribution < -0.4 is 11.2 Å². The summed E-state index contributed by atoms with van der Waals surface area (Å²) in [6.07, 6.45) is 1.71. The molecule has 0 unspecified atom stereocenters. The molecular weight excluding hydrogens is 320 g/mol. The number of benzene rings is 1. The van der Waals surface area contributed by atoms with Gasteiger partial charge in [-0.25, -0.2) is 4.79 Å². The summed E-state index contributed by atoms with van der Waals surface area (Å²) >= 11 is 0. The van der Waals surface area contributed by atoms with Crippen molar-refractivity contribution in [1.82, 2.24) is 18.5 Å². The summed E-state index contributed by atoms with van der Waals surface area (Å²) in [6, 6.07) is 6.01. The minimum Gasteiger partial charge on any atom is -0.428 e. The molecule has 0 atom stereocenters. The highest BCUT2D eigenvalue weighted by molar-refractivity contribution is 5.74. The molecule has 0 radical (unpaired) electrons. The third kappa shape index (κ3) is 2.23. The zero-order chi connectivity index (χ0) is 17.9. The van der Waals surface area contributed by atoms with Crippen molar-refractivity contribution in [2.24, 2.45) is 7.05 Å².